The molecule has 2 fully saturated rings. The Bertz CT molecular complexity index is 264. The van der Waals surface area contributed by atoms with E-state index >= 15 is 0 Å². The first-order valence-electron chi connectivity index (χ1n) is 8.73. The van der Waals surface area contributed by atoms with Gasteiger partial charge in [-0.1, -0.05) is 47.0 Å². The van der Waals surface area contributed by atoms with Crippen LogP contribution >= 0.6 is 0 Å². The van der Waals surface area contributed by atoms with Gasteiger partial charge in [0, 0.05) is 12.6 Å². The fourth-order valence-corrected chi connectivity index (χ4v) is 4.42. The Balaban J connectivity index is 2.04. The molecule has 0 aromatic rings. The molecule has 0 radical (unpaired) electrons. The standard InChI is InChI=1S/C17H34BN/c1-12(2)11-19(17(18)13(3)4)16-9-14-6-5-7-15(8-14)10-16/h12-17H,5-11,18H2,1-4H3. The van der Waals surface area contributed by atoms with Crippen LogP contribution in [0.15, 0.2) is 0 Å². The zero-order valence-electron chi connectivity index (χ0n) is 13.9. The second-order valence-corrected chi connectivity index (χ2v) is 8.10. The molecule has 0 spiro atoms. The van der Waals surface area contributed by atoms with Crippen molar-refractivity contribution in [1.82, 2.24) is 4.90 Å². The van der Waals surface area contributed by atoms with Crippen LogP contribution in [0.2, 0.25) is 0 Å². The molecule has 0 amide bonds. The van der Waals surface area contributed by atoms with Crippen LogP contribution in [-0.2, 0) is 0 Å². The quantitative estimate of drug-likeness (QED) is 0.686. The molecule has 0 aliphatic heterocycles. The zero-order chi connectivity index (χ0) is 14.0. The summed E-state index contributed by atoms with van der Waals surface area (Å²) in [5.74, 6) is 4.41. The third kappa shape index (κ3) is 4.00. The number of fused-ring (bicyclic) bond motifs is 2. The molecule has 110 valence electrons. The monoisotopic (exact) mass is 263 g/mol. The Morgan fingerprint density at radius 3 is 2.05 bits per heavy atom. The van der Waals surface area contributed by atoms with Gasteiger partial charge in [0.25, 0.3) is 0 Å². The molecule has 0 aromatic heterocycles. The van der Waals surface area contributed by atoms with Gasteiger partial charge in [0.1, 0.15) is 7.85 Å². The highest BCUT2D eigenvalue weighted by atomic mass is 15.2. The first-order chi connectivity index (χ1) is 8.97. The lowest BCUT2D eigenvalue weighted by atomic mass is 9.69. The van der Waals surface area contributed by atoms with Crippen LogP contribution in [-0.4, -0.2) is 31.3 Å². The van der Waals surface area contributed by atoms with Crippen molar-refractivity contribution in [2.75, 3.05) is 6.54 Å². The minimum absolute atomic E-state index is 0.742. The molecule has 2 heteroatoms. The highest BCUT2D eigenvalue weighted by Gasteiger charge is 2.36. The van der Waals surface area contributed by atoms with Gasteiger partial charge in [0.2, 0.25) is 0 Å². The number of nitrogens with zero attached hydrogens (tertiary/aromatic N) is 1. The van der Waals surface area contributed by atoms with Crippen LogP contribution in [0.3, 0.4) is 0 Å². The fourth-order valence-electron chi connectivity index (χ4n) is 4.42. The summed E-state index contributed by atoms with van der Waals surface area (Å²) in [7, 11) is 2.46. The van der Waals surface area contributed by atoms with Gasteiger partial charge < -0.3 is 4.90 Å². The summed E-state index contributed by atoms with van der Waals surface area (Å²) in [5.41, 5.74) is 0. The van der Waals surface area contributed by atoms with E-state index in [0.717, 1.165) is 35.7 Å². The van der Waals surface area contributed by atoms with E-state index < -0.39 is 0 Å². The summed E-state index contributed by atoms with van der Waals surface area (Å²) in [6.07, 6.45) is 9.05. The largest absolute Gasteiger partial charge is 0.305 e. The van der Waals surface area contributed by atoms with E-state index in [-0.39, 0.29) is 0 Å². The van der Waals surface area contributed by atoms with Crippen molar-refractivity contribution in [2.45, 2.75) is 78.2 Å². The first kappa shape index (κ1) is 15.4. The van der Waals surface area contributed by atoms with Crippen molar-refractivity contribution in [2.24, 2.45) is 23.7 Å². The van der Waals surface area contributed by atoms with Crippen molar-refractivity contribution in [3.63, 3.8) is 0 Å². The van der Waals surface area contributed by atoms with E-state index in [9.17, 15) is 0 Å². The molecule has 2 bridgehead atoms. The summed E-state index contributed by atoms with van der Waals surface area (Å²) in [4.78, 5) is 2.87. The summed E-state index contributed by atoms with van der Waals surface area (Å²) in [5, 5.41) is 0. The smallest absolute Gasteiger partial charge is 0.124 e. The van der Waals surface area contributed by atoms with Gasteiger partial charge >= 0.3 is 0 Å². The molecule has 19 heavy (non-hydrogen) atoms. The van der Waals surface area contributed by atoms with Crippen LogP contribution in [0.4, 0.5) is 0 Å². The molecule has 3 unspecified atom stereocenters. The normalized spacial score (nSPS) is 33.1. The molecule has 2 aliphatic carbocycles. The Morgan fingerprint density at radius 1 is 1.00 bits per heavy atom. The molecular weight excluding hydrogens is 229 g/mol. The van der Waals surface area contributed by atoms with Crippen molar-refractivity contribution < 1.29 is 0 Å². The highest BCUT2D eigenvalue weighted by molar-refractivity contribution is 6.11. The maximum Gasteiger partial charge on any atom is 0.124 e. The maximum absolute atomic E-state index is 2.87. The summed E-state index contributed by atoms with van der Waals surface area (Å²) in [6.45, 7) is 10.8. The third-order valence-electron chi connectivity index (χ3n) is 5.64. The highest BCUT2D eigenvalue weighted by Crippen LogP contribution is 2.42. The lowest BCUT2D eigenvalue weighted by Gasteiger charge is -2.47. The van der Waals surface area contributed by atoms with Gasteiger partial charge in [-0.25, -0.2) is 0 Å². The minimum Gasteiger partial charge on any atom is -0.305 e. The molecule has 0 saturated heterocycles. The van der Waals surface area contributed by atoms with E-state index in [1.54, 1.807) is 6.42 Å². The molecule has 0 aromatic carbocycles. The van der Waals surface area contributed by atoms with Crippen LogP contribution in [0, 0.1) is 23.7 Å². The molecule has 2 rings (SSSR count). The van der Waals surface area contributed by atoms with Gasteiger partial charge in [0.05, 0.1) is 0 Å². The van der Waals surface area contributed by atoms with E-state index in [1.807, 2.05) is 0 Å². The topological polar surface area (TPSA) is 3.24 Å². The van der Waals surface area contributed by atoms with Crippen molar-refractivity contribution in [1.29, 1.82) is 0 Å². The first-order valence-corrected chi connectivity index (χ1v) is 8.73. The Labute approximate surface area is 121 Å². The molecular formula is C17H34BN. The fraction of sp³-hybridized carbons (Fsp3) is 1.00. The zero-order valence-corrected chi connectivity index (χ0v) is 13.9. The molecule has 2 saturated carbocycles. The lowest BCUT2D eigenvalue weighted by molar-refractivity contribution is 0.0458. The SMILES string of the molecule is BC(C(C)C)N(CC(C)C)C1CC2CCCC(C2)C1. The molecule has 0 heterocycles. The molecule has 0 N–H and O–H groups in total. The van der Waals surface area contributed by atoms with Gasteiger partial charge in [-0.05, 0) is 48.9 Å². The summed E-state index contributed by atoms with van der Waals surface area (Å²) < 4.78 is 0. The van der Waals surface area contributed by atoms with E-state index in [1.165, 1.54) is 38.6 Å². The third-order valence-corrected chi connectivity index (χ3v) is 5.64. The van der Waals surface area contributed by atoms with Crippen LogP contribution < -0.4 is 0 Å². The summed E-state index contributed by atoms with van der Waals surface area (Å²) in [6, 6.07) is 0.879. The van der Waals surface area contributed by atoms with E-state index in [0.29, 0.717) is 0 Å². The number of rotatable bonds is 5. The van der Waals surface area contributed by atoms with Crippen LogP contribution in [0.1, 0.15) is 66.2 Å². The van der Waals surface area contributed by atoms with Crippen molar-refractivity contribution >= 4 is 7.85 Å². The van der Waals surface area contributed by atoms with Crippen molar-refractivity contribution in [3.05, 3.63) is 0 Å². The van der Waals surface area contributed by atoms with Crippen molar-refractivity contribution in [3.8, 4) is 0 Å². The molecule has 1 nitrogen and oxygen atoms in total. The van der Waals surface area contributed by atoms with E-state index in [2.05, 4.69) is 40.4 Å². The summed E-state index contributed by atoms with van der Waals surface area (Å²) >= 11 is 0. The minimum atomic E-state index is 0.742. The Kier molecular flexibility index (Phi) is 5.40. The lowest BCUT2D eigenvalue weighted by Crippen LogP contribution is -2.51. The van der Waals surface area contributed by atoms with E-state index in [4.69, 9.17) is 0 Å². The second kappa shape index (κ2) is 6.65. The predicted molar refractivity (Wildman–Crippen MR) is 87.2 cm³/mol. The van der Waals surface area contributed by atoms with Crippen LogP contribution in [0.25, 0.3) is 0 Å². The van der Waals surface area contributed by atoms with Gasteiger partial charge in [-0.3, -0.25) is 0 Å². The predicted octanol–water partition coefficient (Wildman–Crippen LogP) is 3.53. The Morgan fingerprint density at radius 2 is 1.58 bits per heavy atom. The van der Waals surface area contributed by atoms with Gasteiger partial charge in [0.15, 0.2) is 0 Å². The van der Waals surface area contributed by atoms with Gasteiger partial charge in [-0.2, -0.15) is 0 Å². The average molecular weight is 263 g/mol. The van der Waals surface area contributed by atoms with Gasteiger partial charge in [-0.15, -0.1) is 0 Å². The molecule has 3 atom stereocenters. The number of hydrogen-bond acceptors (Lipinski definition) is 1. The molecule has 2 aliphatic rings. The second-order valence-electron chi connectivity index (χ2n) is 8.10. The number of hydrogen-bond donors (Lipinski definition) is 0. The van der Waals surface area contributed by atoms with Crippen LogP contribution in [0.5, 0.6) is 0 Å². The Hall–Kier alpha value is 0.0249. The average Bonchev–Trinajstić information content (AvgIpc) is 2.34. The maximum atomic E-state index is 2.87.